The highest BCUT2D eigenvalue weighted by atomic mass is 16.5. The second kappa shape index (κ2) is 8.28. The van der Waals surface area contributed by atoms with Gasteiger partial charge in [0.05, 0.1) is 7.11 Å². The number of para-hydroxylation sites is 1. The smallest absolute Gasteiger partial charge is 0.223 e. The van der Waals surface area contributed by atoms with E-state index in [0.717, 1.165) is 67.9 Å². The molecule has 4 aromatic rings. The third kappa shape index (κ3) is 3.69. The van der Waals surface area contributed by atoms with Gasteiger partial charge in [0, 0.05) is 44.0 Å². The minimum absolute atomic E-state index is 0.330. The van der Waals surface area contributed by atoms with Crippen LogP contribution in [0.2, 0.25) is 0 Å². The van der Waals surface area contributed by atoms with Crippen molar-refractivity contribution in [3.05, 3.63) is 59.4 Å². The van der Waals surface area contributed by atoms with Crippen LogP contribution in [-0.4, -0.2) is 57.8 Å². The molecule has 2 aliphatic rings. The Balaban J connectivity index is 1.18. The Bertz CT molecular complexity index is 1290. The lowest BCUT2D eigenvalue weighted by Gasteiger charge is -2.34. The van der Waals surface area contributed by atoms with Crippen molar-refractivity contribution in [1.29, 1.82) is 0 Å². The number of ether oxygens (including phenoxy) is 1. The average molecular weight is 444 g/mol. The van der Waals surface area contributed by atoms with Gasteiger partial charge in [0.2, 0.25) is 5.95 Å². The van der Waals surface area contributed by atoms with E-state index in [4.69, 9.17) is 20.6 Å². The largest absolute Gasteiger partial charge is 0.494 e. The van der Waals surface area contributed by atoms with E-state index in [2.05, 4.69) is 39.5 Å². The highest BCUT2D eigenvalue weighted by Gasteiger charge is 2.34. The van der Waals surface area contributed by atoms with Crippen LogP contribution in [-0.2, 0) is 6.54 Å². The van der Waals surface area contributed by atoms with Crippen LogP contribution in [0.3, 0.4) is 0 Å². The molecule has 0 bridgehead atoms. The van der Waals surface area contributed by atoms with Crippen molar-refractivity contribution >= 4 is 22.5 Å². The first-order valence-corrected chi connectivity index (χ1v) is 11.7. The number of nitrogens with one attached hydrogen (secondary N) is 1. The molecule has 1 aliphatic heterocycles. The van der Waals surface area contributed by atoms with Crippen LogP contribution in [0.4, 0.5) is 5.95 Å². The van der Waals surface area contributed by atoms with Gasteiger partial charge in [0.15, 0.2) is 11.5 Å². The van der Waals surface area contributed by atoms with Crippen molar-refractivity contribution in [1.82, 2.24) is 29.8 Å². The van der Waals surface area contributed by atoms with Crippen LogP contribution < -0.4 is 15.8 Å². The molecule has 0 spiro atoms. The molecule has 0 atom stereocenters. The topological polar surface area (TPSA) is 93.6 Å². The zero-order valence-corrected chi connectivity index (χ0v) is 18.9. The molecule has 1 saturated carbocycles. The maximum absolute atomic E-state index is 6.21. The van der Waals surface area contributed by atoms with Gasteiger partial charge >= 0.3 is 0 Å². The van der Waals surface area contributed by atoms with Crippen molar-refractivity contribution in [2.75, 3.05) is 39.0 Å². The zero-order valence-electron chi connectivity index (χ0n) is 18.9. The fourth-order valence-corrected chi connectivity index (χ4v) is 5.10. The monoisotopic (exact) mass is 443 g/mol. The Hall–Kier alpha value is -3.23. The van der Waals surface area contributed by atoms with Crippen LogP contribution in [0.1, 0.15) is 41.6 Å². The van der Waals surface area contributed by atoms with Gasteiger partial charge in [-0.25, -0.2) is 9.97 Å². The van der Waals surface area contributed by atoms with Gasteiger partial charge in [-0.1, -0.05) is 30.3 Å². The Labute approximate surface area is 192 Å². The van der Waals surface area contributed by atoms with Crippen molar-refractivity contribution in [3.8, 4) is 5.75 Å². The molecule has 2 aromatic heterocycles. The molecular weight excluding hydrogens is 414 g/mol. The van der Waals surface area contributed by atoms with E-state index in [-0.39, 0.29) is 0 Å². The quantitative estimate of drug-likeness (QED) is 0.490. The molecule has 0 amide bonds. The number of fused-ring (bicyclic) bond motifs is 3. The van der Waals surface area contributed by atoms with E-state index < -0.39 is 0 Å². The predicted molar refractivity (Wildman–Crippen MR) is 129 cm³/mol. The summed E-state index contributed by atoms with van der Waals surface area (Å²) in [6.45, 7) is 5.46. The number of hydrogen-bond donors (Lipinski definition) is 2. The summed E-state index contributed by atoms with van der Waals surface area (Å²) in [5.41, 5.74) is 10.5. The number of methoxy groups -OCH3 is 1. The molecule has 6 rings (SSSR count). The third-order valence-electron chi connectivity index (χ3n) is 7.10. The molecule has 0 radical (unpaired) electrons. The first-order chi connectivity index (χ1) is 16.2. The number of nitrogen functional groups attached to an aromatic ring is 1. The standard InChI is InChI=1S/C25H29N7O/c1-33-21-4-2-3-20-22(21)28-25(26)32-24(20)29-23(30-32)19-13-18(14-19)17-7-5-16(6-8-17)15-31-11-9-27-10-12-31/h2-8,18-19,27H,9-15H2,1H3,(H2,26,28). The number of nitrogens with two attached hydrogens (primary N) is 1. The summed E-state index contributed by atoms with van der Waals surface area (Å²) in [4.78, 5) is 11.9. The summed E-state index contributed by atoms with van der Waals surface area (Å²) >= 11 is 0. The number of benzene rings is 2. The number of hydrogen-bond acceptors (Lipinski definition) is 7. The normalized spacial score (nSPS) is 21.4. The summed E-state index contributed by atoms with van der Waals surface area (Å²) < 4.78 is 7.11. The summed E-state index contributed by atoms with van der Waals surface area (Å²) in [5.74, 6) is 2.77. The van der Waals surface area contributed by atoms with Crippen molar-refractivity contribution in [2.24, 2.45) is 0 Å². The van der Waals surface area contributed by atoms with Crippen LogP contribution >= 0.6 is 0 Å². The molecule has 1 aliphatic carbocycles. The number of nitrogens with zero attached hydrogens (tertiary/aromatic N) is 5. The lowest BCUT2D eigenvalue weighted by molar-refractivity contribution is 0.233. The molecule has 0 unspecified atom stereocenters. The van der Waals surface area contributed by atoms with E-state index >= 15 is 0 Å². The predicted octanol–water partition coefficient (Wildman–Crippen LogP) is 2.93. The minimum atomic E-state index is 0.330. The first-order valence-electron chi connectivity index (χ1n) is 11.7. The first kappa shape index (κ1) is 20.4. The Morgan fingerprint density at radius 1 is 1.03 bits per heavy atom. The van der Waals surface area contributed by atoms with Gasteiger partial charge in [0.25, 0.3) is 0 Å². The van der Waals surface area contributed by atoms with Crippen molar-refractivity contribution in [2.45, 2.75) is 31.2 Å². The second-order valence-corrected chi connectivity index (χ2v) is 9.16. The van der Waals surface area contributed by atoms with Gasteiger partial charge in [-0.3, -0.25) is 4.90 Å². The van der Waals surface area contributed by atoms with Gasteiger partial charge in [-0.15, -0.1) is 5.10 Å². The SMILES string of the molecule is COc1cccc2c1nc(N)n1nc(C3CC(c4ccc(CN5CCNCC5)cc4)C3)nc21. The summed E-state index contributed by atoms with van der Waals surface area (Å²) in [5, 5.41) is 9.03. The molecule has 2 aromatic carbocycles. The number of rotatable bonds is 5. The third-order valence-corrected chi connectivity index (χ3v) is 7.10. The van der Waals surface area contributed by atoms with Crippen LogP contribution in [0.5, 0.6) is 5.75 Å². The molecular formula is C25H29N7O. The van der Waals surface area contributed by atoms with Crippen LogP contribution in [0.15, 0.2) is 42.5 Å². The second-order valence-electron chi connectivity index (χ2n) is 9.16. The highest BCUT2D eigenvalue weighted by Crippen LogP contribution is 2.47. The Morgan fingerprint density at radius 2 is 1.82 bits per heavy atom. The Kier molecular flexibility index (Phi) is 5.11. The van der Waals surface area contributed by atoms with E-state index in [1.807, 2.05) is 18.2 Å². The zero-order chi connectivity index (χ0) is 22.4. The van der Waals surface area contributed by atoms with E-state index in [1.54, 1.807) is 11.6 Å². The number of aromatic nitrogens is 4. The van der Waals surface area contributed by atoms with Gasteiger partial charge < -0.3 is 15.8 Å². The lowest BCUT2D eigenvalue weighted by atomic mass is 9.71. The van der Waals surface area contributed by atoms with Gasteiger partial charge in [-0.05, 0) is 42.0 Å². The molecule has 1 saturated heterocycles. The minimum Gasteiger partial charge on any atom is -0.494 e. The van der Waals surface area contributed by atoms with Crippen molar-refractivity contribution in [3.63, 3.8) is 0 Å². The fraction of sp³-hybridized carbons (Fsp3) is 0.400. The van der Waals surface area contributed by atoms with Crippen LogP contribution in [0, 0.1) is 0 Å². The molecule has 170 valence electrons. The van der Waals surface area contributed by atoms with Crippen molar-refractivity contribution < 1.29 is 4.74 Å². The molecule has 3 N–H and O–H groups in total. The maximum atomic E-state index is 6.21. The van der Waals surface area contributed by atoms with Crippen LogP contribution in [0.25, 0.3) is 16.6 Å². The number of piperazine rings is 1. The molecule has 8 nitrogen and oxygen atoms in total. The number of anilines is 1. The van der Waals surface area contributed by atoms with E-state index in [1.165, 1.54) is 11.1 Å². The van der Waals surface area contributed by atoms with E-state index in [0.29, 0.717) is 23.5 Å². The highest BCUT2D eigenvalue weighted by molar-refractivity contribution is 5.95. The fourth-order valence-electron chi connectivity index (χ4n) is 5.10. The van der Waals surface area contributed by atoms with E-state index in [9.17, 15) is 0 Å². The average Bonchev–Trinajstić information content (AvgIpc) is 3.26. The summed E-state index contributed by atoms with van der Waals surface area (Å²) in [6, 6.07) is 15.0. The Morgan fingerprint density at radius 3 is 2.58 bits per heavy atom. The molecule has 3 heterocycles. The summed E-state index contributed by atoms with van der Waals surface area (Å²) in [7, 11) is 1.64. The van der Waals surface area contributed by atoms with Gasteiger partial charge in [-0.2, -0.15) is 4.52 Å². The lowest BCUT2D eigenvalue weighted by Crippen LogP contribution is -2.42. The summed E-state index contributed by atoms with van der Waals surface area (Å²) in [6.07, 6.45) is 2.12. The van der Waals surface area contributed by atoms with Gasteiger partial charge in [0.1, 0.15) is 11.3 Å². The molecule has 2 fully saturated rings. The molecule has 8 heteroatoms. The maximum Gasteiger partial charge on any atom is 0.223 e. The molecule has 33 heavy (non-hydrogen) atoms.